The fourth-order valence-corrected chi connectivity index (χ4v) is 5.89. The number of nitrogens with zero attached hydrogens (tertiary/aromatic N) is 2. The first kappa shape index (κ1) is 39.1. The maximum absolute atomic E-state index is 13.0. The third-order valence-corrected chi connectivity index (χ3v) is 8.89. The Morgan fingerprint density at radius 2 is 0.808 bits per heavy atom. The van der Waals surface area contributed by atoms with Gasteiger partial charge in [0.1, 0.15) is 23.7 Å². The Kier molecular flexibility index (Phi) is 12.8. The van der Waals surface area contributed by atoms with Crippen molar-refractivity contribution in [3.63, 3.8) is 0 Å². The lowest BCUT2D eigenvalue weighted by atomic mass is 10.00. The molecule has 278 valence electrons. The molecular formula is C38H50N8O6. The van der Waals surface area contributed by atoms with Crippen LogP contribution in [0.4, 0.5) is 9.59 Å². The van der Waals surface area contributed by atoms with Gasteiger partial charge in [0.15, 0.2) is 0 Å². The summed E-state index contributed by atoms with van der Waals surface area (Å²) < 4.78 is 0. The van der Waals surface area contributed by atoms with Gasteiger partial charge >= 0.3 is 12.2 Å². The molecule has 0 aliphatic heterocycles. The number of aromatic amines is 2. The quantitative estimate of drug-likeness (QED) is 0.0693. The normalized spacial score (nSPS) is 13.8. The third-order valence-electron chi connectivity index (χ3n) is 8.89. The van der Waals surface area contributed by atoms with Crippen LogP contribution in [0.2, 0.25) is 0 Å². The highest BCUT2D eigenvalue weighted by atomic mass is 16.4. The predicted molar refractivity (Wildman–Crippen MR) is 198 cm³/mol. The predicted octanol–water partition coefficient (Wildman–Crippen LogP) is 6.34. The number of carboxylic acid groups (broad SMARTS) is 2. The zero-order valence-corrected chi connectivity index (χ0v) is 30.8. The summed E-state index contributed by atoms with van der Waals surface area (Å²) in [5.74, 6) is -0.152. The highest BCUT2D eigenvalue weighted by Crippen LogP contribution is 2.29. The van der Waals surface area contributed by atoms with Crippen LogP contribution in [0.5, 0.6) is 0 Å². The SMILES string of the molecule is CC(C)[C@@H](NC(=O)O)C(=O)N[C@@H](c1ncc(-c2ccc(-c3ccc(-c4cnc([C@H](NC(=O)[C@H](NC(=O)O)C(C)C)C(C)C)[nH]4)cc3)cc2)[nH]1)C(C)C. The molecule has 0 saturated carbocycles. The highest BCUT2D eigenvalue weighted by molar-refractivity contribution is 5.86. The van der Waals surface area contributed by atoms with Gasteiger partial charge in [-0.15, -0.1) is 0 Å². The molecule has 0 aliphatic carbocycles. The van der Waals surface area contributed by atoms with Crippen LogP contribution >= 0.6 is 0 Å². The summed E-state index contributed by atoms with van der Waals surface area (Å²) in [6.07, 6.45) is 0.936. The van der Waals surface area contributed by atoms with Crippen molar-refractivity contribution >= 4 is 24.0 Å². The van der Waals surface area contributed by atoms with Crippen LogP contribution in [-0.2, 0) is 9.59 Å². The van der Waals surface area contributed by atoms with Crippen molar-refractivity contribution in [1.82, 2.24) is 41.2 Å². The Labute approximate surface area is 303 Å². The zero-order chi connectivity index (χ0) is 38.3. The Morgan fingerprint density at radius 1 is 0.500 bits per heavy atom. The number of imidazole rings is 2. The molecule has 0 saturated heterocycles. The van der Waals surface area contributed by atoms with E-state index >= 15 is 0 Å². The Bertz CT molecular complexity index is 1690. The Morgan fingerprint density at radius 3 is 1.08 bits per heavy atom. The van der Waals surface area contributed by atoms with Crippen molar-refractivity contribution in [3.05, 3.63) is 72.6 Å². The van der Waals surface area contributed by atoms with Gasteiger partial charge in [-0.3, -0.25) is 9.59 Å². The van der Waals surface area contributed by atoms with Gasteiger partial charge in [-0.2, -0.15) is 0 Å². The second kappa shape index (κ2) is 17.0. The van der Waals surface area contributed by atoms with E-state index in [1.807, 2.05) is 76.2 Å². The molecule has 2 heterocycles. The van der Waals surface area contributed by atoms with Crippen molar-refractivity contribution in [3.8, 4) is 33.6 Å². The van der Waals surface area contributed by atoms with Crippen LogP contribution in [0.15, 0.2) is 60.9 Å². The lowest BCUT2D eigenvalue weighted by Gasteiger charge is -2.25. The Balaban J connectivity index is 1.45. The number of benzene rings is 2. The van der Waals surface area contributed by atoms with Gasteiger partial charge in [-0.05, 0) is 45.9 Å². The lowest BCUT2D eigenvalue weighted by Crippen LogP contribution is -2.50. The number of nitrogens with one attached hydrogen (secondary N) is 6. The molecular weight excluding hydrogens is 664 g/mol. The number of carbonyl (C=O) groups is 4. The first-order chi connectivity index (χ1) is 24.5. The minimum atomic E-state index is -1.25. The molecule has 14 heteroatoms. The molecule has 0 spiro atoms. The fraction of sp³-hybridized carbons (Fsp3) is 0.421. The van der Waals surface area contributed by atoms with Crippen LogP contribution in [-0.4, -0.2) is 66.2 Å². The molecule has 0 bridgehead atoms. The molecule has 4 rings (SSSR count). The second-order valence-corrected chi connectivity index (χ2v) is 14.3. The average Bonchev–Trinajstić information content (AvgIpc) is 3.78. The number of H-pyrrole nitrogens is 2. The molecule has 0 aliphatic rings. The van der Waals surface area contributed by atoms with Gasteiger partial charge in [0.25, 0.3) is 0 Å². The van der Waals surface area contributed by atoms with Crippen molar-refractivity contribution in [2.45, 2.75) is 79.6 Å². The zero-order valence-electron chi connectivity index (χ0n) is 30.8. The summed E-state index contributed by atoms with van der Waals surface area (Å²) >= 11 is 0. The van der Waals surface area contributed by atoms with E-state index in [0.717, 1.165) is 33.6 Å². The summed E-state index contributed by atoms with van der Waals surface area (Å²) in [6.45, 7) is 15.0. The Hall–Kier alpha value is -5.66. The van der Waals surface area contributed by atoms with E-state index in [1.54, 1.807) is 40.1 Å². The second-order valence-electron chi connectivity index (χ2n) is 14.3. The van der Waals surface area contributed by atoms with Gasteiger partial charge in [-0.1, -0.05) is 104 Å². The van der Waals surface area contributed by atoms with Crippen molar-refractivity contribution < 1.29 is 29.4 Å². The number of rotatable bonds is 15. The van der Waals surface area contributed by atoms with E-state index < -0.39 is 48.2 Å². The topological polar surface area (TPSA) is 214 Å². The van der Waals surface area contributed by atoms with Crippen molar-refractivity contribution in [2.75, 3.05) is 0 Å². The largest absolute Gasteiger partial charge is 0.465 e. The van der Waals surface area contributed by atoms with Crippen LogP contribution < -0.4 is 21.3 Å². The van der Waals surface area contributed by atoms with E-state index in [-0.39, 0.29) is 23.7 Å². The summed E-state index contributed by atoms with van der Waals surface area (Å²) in [5, 5.41) is 28.9. The molecule has 0 fully saturated rings. The maximum Gasteiger partial charge on any atom is 0.405 e. The molecule has 4 atom stereocenters. The molecule has 2 aromatic heterocycles. The first-order valence-corrected chi connectivity index (χ1v) is 17.5. The highest BCUT2D eigenvalue weighted by Gasteiger charge is 2.30. The number of amides is 4. The van der Waals surface area contributed by atoms with Gasteiger partial charge in [0.05, 0.1) is 35.9 Å². The molecule has 52 heavy (non-hydrogen) atoms. The minimum Gasteiger partial charge on any atom is -0.465 e. The monoisotopic (exact) mass is 714 g/mol. The van der Waals surface area contributed by atoms with Gasteiger partial charge in [-0.25, -0.2) is 19.6 Å². The lowest BCUT2D eigenvalue weighted by molar-refractivity contribution is -0.125. The molecule has 4 amide bonds. The minimum absolute atomic E-state index is 0.0118. The van der Waals surface area contributed by atoms with Gasteiger partial charge in [0.2, 0.25) is 11.8 Å². The van der Waals surface area contributed by atoms with Crippen LogP contribution in [0, 0.1) is 23.7 Å². The van der Waals surface area contributed by atoms with Crippen molar-refractivity contribution in [1.29, 1.82) is 0 Å². The van der Waals surface area contributed by atoms with E-state index in [2.05, 4.69) is 41.2 Å². The summed E-state index contributed by atoms with van der Waals surface area (Å²) in [5.41, 5.74) is 5.41. The molecule has 0 radical (unpaired) electrons. The number of hydrogen-bond donors (Lipinski definition) is 8. The molecule has 4 aromatic rings. The average molecular weight is 715 g/mol. The smallest absolute Gasteiger partial charge is 0.405 e. The number of hydrogen-bond acceptors (Lipinski definition) is 6. The summed E-state index contributed by atoms with van der Waals surface area (Å²) in [7, 11) is 0. The van der Waals surface area contributed by atoms with E-state index in [1.165, 1.54) is 0 Å². The number of aromatic nitrogens is 4. The van der Waals surface area contributed by atoms with Crippen LogP contribution in [0.1, 0.15) is 79.1 Å². The molecule has 2 aromatic carbocycles. The molecule has 14 nitrogen and oxygen atoms in total. The van der Waals surface area contributed by atoms with E-state index in [9.17, 15) is 29.4 Å². The number of carbonyl (C=O) groups excluding carboxylic acids is 2. The molecule has 0 unspecified atom stereocenters. The van der Waals surface area contributed by atoms with Crippen molar-refractivity contribution in [2.24, 2.45) is 23.7 Å². The van der Waals surface area contributed by atoms with Crippen LogP contribution in [0.25, 0.3) is 33.6 Å². The standard InChI is InChI=1S/C38H50N8O6/c1-19(2)29(43-35(47)31(21(5)6)45-37(49)50)33-39-17-27(41-33)25-13-9-23(10-14-25)24-11-15-26(16-12-24)28-18-40-34(42-28)30(20(3)4)44-36(48)32(22(7)8)46-38(51)52/h9-22,29-32,45-46H,1-8H3,(H,39,41)(H,40,42)(H,43,47)(H,44,48)(H,49,50)(H,51,52)/t29-,30-,31-,32-/m1/s1. The van der Waals surface area contributed by atoms with Crippen LogP contribution in [0.3, 0.4) is 0 Å². The summed E-state index contributed by atoms with van der Waals surface area (Å²) in [6, 6.07) is 13.4. The van der Waals surface area contributed by atoms with E-state index in [0.29, 0.717) is 11.6 Å². The van der Waals surface area contributed by atoms with Gasteiger partial charge < -0.3 is 41.4 Å². The first-order valence-electron chi connectivity index (χ1n) is 17.5. The van der Waals surface area contributed by atoms with Gasteiger partial charge in [0, 0.05) is 0 Å². The maximum atomic E-state index is 13.0. The van der Waals surface area contributed by atoms with E-state index in [4.69, 9.17) is 0 Å². The third kappa shape index (κ3) is 9.77. The fourth-order valence-electron chi connectivity index (χ4n) is 5.89. The summed E-state index contributed by atoms with van der Waals surface area (Å²) in [4.78, 5) is 64.2. The molecule has 8 N–H and O–H groups in total.